The molecule has 0 fully saturated rings. The van der Waals surface area contributed by atoms with Crippen LogP contribution < -0.4 is 10.5 Å². The average Bonchev–Trinajstić information content (AvgIpc) is 2.11. The lowest BCUT2D eigenvalue weighted by Crippen LogP contribution is -1.96. The fourth-order valence-electron chi connectivity index (χ4n) is 1.09. The van der Waals surface area contributed by atoms with Gasteiger partial charge in [-0.15, -0.1) is 11.6 Å². The topological polar surface area (TPSA) is 35.2 Å². The predicted octanol–water partition coefficient (Wildman–Crippen LogP) is 2.82. The number of nitrogen functional groups attached to an aromatic ring is 1. The smallest absolute Gasteiger partial charge is 0.142 e. The van der Waals surface area contributed by atoms with E-state index in [1.807, 2.05) is 12.1 Å². The van der Waals surface area contributed by atoms with Gasteiger partial charge < -0.3 is 10.5 Å². The van der Waals surface area contributed by atoms with Crippen LogP contribution in [-0.2, 0) is 6.42 Å². The van der Waals surface area contributed by atoms with Crippen molar-refractivity contribution in [3.05, 3.63) is 22.2 Å². The highest BCUT2D eigenvalue weighted by molar-refractivity contribution is 9.10. The van der Waals surface area contributed by atoms with Crippen LogP contribution in [0, 0.1) is 0 Å². The maximum Gasteiger partial charge on any atom is 0.142 e. The summed E-state index contributed by atoms with van der Waals surface area (Å²) in [7, 11) is 1.60. The first-order valence-corrected chi connectivity index (χ1v) is 5.19. The van der Waals surface area contributed by atoms with Crippen molar-refractivity contribution < 1.29 is 4.74 Å². The van der Waals surface area contributed by atoms with Crippen molar-refractivity contribution in [2.75, 3.05) is 18.7 Å². The van der Waals surface area contributed by atoms with E-state index in [0.29, 0.717) is 17.3 Å². The number of halogens is 2. The summed E-state index contributed by atoms with van der Waals surface area (Å²) in [6.07, 6.45) is 0.802. The Morgan fingerprint density at radius 1 is 1.54 bits per heavy atom. The monoisotopic (exact) mass is 263 g/mol. The number of alkyl halides is 1. The van der Waals surface area contributed by atoms with Crippen molar-refractivity contribution in [2.45, 2.75) is 6.42 Å². The van der Waals surface area contributed by atoms with Gasteiger partial charge in [-0.05, 0) is 24.1 Å². The molecule has 0 unspecified atom stereocenters. The first-order chi connectivity index (χ1) is 6.19. The Kier molecular flexibility index (Phi) is 3.88. The quantitative estimate of drug-likeness (QED) is 0.673. The van der Waals surface area contributed by atoms with Gasteiger partial charge in [0, 0.05) is 10.4 Å². The highest BCUT2D eigenvalue weighted by Gasteiger charge is 2.05. The van der Waals surface area contributed by atoms with Gasteiger partial charge >= 0.3 is 0 Å². The molecule has 1 aromatic rings. The molecule has 0 aromatic heterocycles. The fraction of sp³-hybridized carbons (Fsp3) is 0.333. The first kappa shape index (κ1) is 10.7. The molecule has 0 aliphatic heterocycles. The van der Waals surface area contributed by atoms with Crippen LogP contribution in [0.1, 0.15) is 5.56 Å². The van der Waals surface area contributed by atoms with Crippen molar-refractivity contribution in [3.8, 4) is 5.75 Å². The van der Waals surface area contributed by atoms with Crippen LogP contribution in [0.15, 0.2) is 16.6 Å². The van der Waals surface area contributed by atoms with Crippen molar-refractivity contribution in [2.24, 2.45) is 0 Å². The van der Waals surface area contributed by atoms with Crippen LogP contribution in [-0.4, -0.2) is 13.0 Å². The molecule has 0 saturated heterocycles. The number of aryl methyl sites for hydroxylation is 1. The molecule has 0 aliphatic carbocycles. The largest absolute Gasteiger partial charge is 0.495 e. The molecule has 0 heterocycles. The van der Waals surface area contributed by atoms with Crippen molar-refractivity contribution >= 4 is 33.2 Å². The lowest BCUT2D eigenvalue weighted by atomic mass is 10.1. The number of methoxy groups -OCH3 is 1. The Morgan fingerprint density at radius 2 is 2.23 bits per heavy atom. The molecule has 13 heavy (non-hydrogen) atoms. The highest BCUT2D eigenvalue weighted by Crippen LogP contribution is 2.29. The molecule has 0 aliphatic rings. The third kappa shape index (κ3) is 2.51. The Labute approximate surface area is 91.2 Å². The van der Waals surface area contributed by atoms with Crippen LogP contribution in [0.2, 0.25) is 0 Å². The SMILES string of the molecule is COc1cc(Br)c(CCCl)cc1N. The fourth-order valence-corrected chi connectivity index (χ4v) is 1.81. The molecule has 1 rings (SSSR count). The van der Waals surface area contributed by atoms with Crippen molar-refractivity contribution in [3.63, 3.8) is 0 Å². The van der Waals surface area contributed by atoms with Crippen LogP contribution >= 0.6 is 27.5 Å². The Bertz CT molecular complexity index is 304. The summed E-state index contributed by atoms with van der Waals surface area (Å²) in [5.74, 6) is 1.27. The molecule has 0 bridgehead atoms. The summed E-state index contributed by atoms with van der Waals surface area (Å²) in [4.78, 5) is 0. The van der Waals surface area contributed by atoms with Crippen LogP contribution in [0.3, 0.4) is 0 Å². The lowest BCUT2D eigenvalue weighted by Gasteiger charge is -2.08. The summed E-state index contributed by atoms with van der Waals surface area (Å²) in [6.45, 7) is 0. The van der Waals surface area contributed by atoms with Gasteiger partial charge in [0.25, 0.3) is 0 Å². The molecular weight excluding hydrogens is 253 g/mol. The van der Waals surface area contributed by atoms with Gasteiger partial charge in [0.05, 0.1) is 12.8 Å². The summed E-state index contributed by atoms with van der Waals surface area (Å²) < 4.78 is 6.06. The lowest BCUT2D eigenvalue weighted by molar-refractivity contribution is 0.416. The number of ether oxygens (including phenoxy) is 1. The standard InChI is InChI=1S/C9H11BrClNO/c1-13-9-5-7(10)6(2-3-11)4-8(9)12/h4-5H,2-3,12H2,1H3. The summed E-state index contributed by atoms with van der Waals surface area (Å²) >= 11 is 9.07. The number of anilines is 1. The number of hydrogen-bond acceptors (Lipinski definition) is 2. The van der Waals surface area contributed by atoms with Crippen LogP contribution in [0.5, 0.6) is 5.75 Å². The second kappa shape index (κ2) is 4.72. The maximum absolute atomic E-state index is 5.74. The second-order valence-electron chi connectivity index (χ2n) is 2.62. The molecular formula is C9H11BrClNO. The van der Waals surface area contributed by atoms with E-state index in [2.05, 4.69) is 15.9 Å². The predicted molar refractivity (Wildman–Crippen MR) is 59.5 cm³/mol. The molecule has 0 radical (unpaired) electrons. The van der Waals surface area contributed by atoms with Gasteiger partial charge in [-0.2, -0.15) is 0 Å². The van der Waals surface area contributed by atoms with E-state index in [1.165, 1.54) is 0 Å². The molecule has 0 atom stereocenters. The number of benzene rings is 1. The molecule has 0 amide bonds. The van der Waals surface area contributed by atoms with Gasteiger partial charge in [0.15, 0.2) is 0 Å². The molecule has 2 nitrogen and oxygen atoms in total. The van der Waals surface area contributed by atoms with Gasteiger partial charge in [-0.1, -0.05) is 15.9 Å². The normalized spacial score (nSPS) is 10.1. The van der Waals surface area contributed by atoms with Crippen LogP contribution in [0.25, 0.3) is 0 Å². The Morgan fingerprint density at radius 3 is 2.77 bits per heavy atom. The second-order valence-corrected chi connectivity index (χ2v) is 3.86. The van der Waals surface area contributed by atoms with Crippen LogP contribution in [0.4, 0.5) is 5.69 Å². The zero-order valence-corrected chi connectivity index (χ0v) is 9.65. The minimum absolute atomic E-state index is 0.588. The maximum atomic E-state index is 5.74. The van der Waals surface area contributed by atoms with E-state index < -0.39 is 0 Å². The Balaban J connectivity index is 3.05. The zero-order chi connectivity index (χ0) is 9.84. The number of nitrogens with two attached hydrogens (primary N) is 1. The molecule has 4 heteroatoms. The molecule has 2 N–H and O–H groups in total. The van der Waals surface area contributed by atoms with E-state index in [4.69, 9.17) is 22.1 Å². The van der Waals surface area contributed by atoms with E-state index >= 15 is 0 Å². The minimum atomic E-state index is 0.588. The van der Waals surface area contributed by atoms with E-state index in [9.17, 15) is 0 Å². The van der Waals surface area contributed by atoms with E-state index in [-0.39, 0.29) is 0 Å². The first-order valence-electron chi connectivity index (χ1n) is 3.87. The Hall–Kier alpha value is -0.410. The molecule has 0 saturated carbocycles. The third-order valence-corrected chi connectivity index (χ3v) is 2.69. The third-order valence-electron chi connectivity index (χ3n) is 1.76. The van der Waals surface area contributed by atoms with Crippen molar-refractivity contribution in [1.29, 1.82) is 0 Å². The van der Waals surface area contributed by atoms with Crippen molar-refractivity contribution in [1.82, 2.24) is 0 Å². The number of hydrogen-bond donors (Lipinski definition) is 1. The summed E-state index contributed by atoms with van der Waals surface area (Å²) in [6, 6.07) is 3.74. The van der Waals surface area contributed by atoms with E-state index in [1.54, 1.807) is 7.11 Å². The average molecular weight is 265 g/mol. The highest BCUT2D eigenvalue weighted by atomic mass is 79.9. The summed E-state index contributed by atoms with van der Waals surface area (Å²) in [5.41, 5.74) is 7.49. The molecule has 0 spiro atoms. The molecule has 72 valence electrons. The van der Waals surface area contributed by atoms with Gasteiger partial charge in [-0.25, -0.2) is 0 Å². The summed E-state index contributed by atoms with van der Waals surface area (Å²) in [5, 5.41) is 0. The van der Waals surface area contributed by atoms with Gasteiger partial charge in [-0.3, -0.25) is 0 Å². The number of rotatable bonds is 3. The minimum Gasteiger partial charge on any atom is -0.495 e. The molecule has 1 aromatic carbocycles. The van der Waals surface area contributed by atoms with Gasteiger partial charge in [0.2, 0.25) is 0 Å². The zero-order valence-electron chi connectivity index (χ0n) is 7.31. The van der Waals surface area contributed by atoms with E-state index in [0.717, 1.165) is 16.5 Å². The van der Waals surface area contributed by atoms with Gasteiger partial charge in [0.1, 0.15) is 5.75 Å².